The van der Waals surface area contributed by atoms with Crippen molar-refractivity contribution in [2.75, 3.05) is 13.7 Å². The molecule has 0 saturated heterocycles. The van der Waals surface area contributed by atoms with Crippen LogP contribution in [-0.2, 0) is 9.53 Å². The molecular weight excluding hydrogens is 302 g/mol. The van der Waals surface area contributed by atoms with Crippen molar-refractivity contribution < 1.29 is 14.6 Å². The average molecular weight is 342 g/mol. The van der Waals surface area contributed by atoms with E-state index in [-0.39, 0.29) is 12.0 Å². The summed E-state index contributed by atoms with van der Waals surface area (Å²) < 4.78 is 5.22. The number of carbonyl (C=O) groups excluding carboxylic acids is 1. The fourth-order valence-corrected chi connectivity index (χ4v) is 1.98. The van der Waals surface area contributed by atoms with Crippen LogP contribution in [0, 0.1) is 0 Å². The highest BCUT2D eigenvalue weighted by Gasteiger charge is 2.12. The first-order chi connectivity index (χ1) is 11.5. The number of unbranched alkanes of at least 4 members (excludes halogenated alkanes) is 3. The van der Waals surface area contributed by atoms with E-state index < -0.39 is 6.10 Å². The first kappa shape index (κ1) is 25.1. The fraction of sp³-hybridized carbons (Fsp3) is 0.750. The number of aliphatic hydroxyl groups is 1. The lowest BCUT2D eigenvalue weighted by molar-refractivity contribution is -0.121. The number of carbonyl (C=O) groups is 1. The molecule has 24 heavy (non-hydrogen) atoms. The molecule has 0 aromatic rings. The zero-order valence-electron chi connectivity index (χ0n) is 16.6. The highest BCUT2D eigenvalue weighted by molar-refractivity contribution is 5.76. The van der Waals surface area contributed by atoms with Gasteiger partial charge in [-0.1, -0.05) is 51.0 Å². The molecule has 0 fully saturated rings. The van der Waals surface area contributed by atoms with Crippen LogP contribution in [0.1, 0.15) is 73.1 Å². The number of ether oxygens (including phenoxy) is 1. The lowest BCUT2D eigenvalue weighted by atomic mass is 10.1. The van der Waals surface area contributed by atoms with E-state index in [1.165, 1.54) is 5.57 Å². The fourth-order valence-electron chi connectivity index (χ4n) is 1.98. The van der Waals surface area contributed by atoms with Crippen LogP contribution >= 0.6 is 0 Å². The van der Waals surface area contributed by atoms with E-state index >= 15 is 0 Å². The third kappa shape index (κ3) is 14.5. The number of hydrogen-bond acceptors (Lipinski definition) is 3. The Labute approximate surface area is 149 Å². The summed E-state index contributed by atoms with van der Waals surface area (Å²) in [5.74, 6) is 0.127. The number of methoxy groups -OCH3 is 1. The zero-order valence-corrected chi connectivity index (χ0v) is 16.6. The Balaban J connectivity index is 0. The van der Waals surface area contributed by atoms with Gasteiger partial charge in [-0.15, -0.1) is 0 Å². The maximum atomic E-state index is 11.6. The molecule has 0 unspecified atom stereocenters. The second-order valence-electron chi connectivity index (χ2n) is 5.62. The number of aliphatic hydroxyl groups excluding tert-OH is 1. The van der Waals surface area contributed by atoms with Crippen LogP contribution in [0.5, 0.6) is 0 Å². The molecule has 2 N–H and O–H groups in total. The summed E-state index contributed by atoms with van der Waals surface area (Å²) >= 11 is 0. The van der Waals surface area contributed by atoms with Crippen LogP contribution in [0.25, 0.3) is 0 Å². The van der Waals surface area contributed by atoms with Gasteiger partial charge in [-0.25, -0.2) is 0 Å². The highest BCUT2D eigenvalue weighted by Crippen LogP contribution is 2.08. The van der Waals surface area contributed by atoms with E-state index in [4.69, 9.17) is 4.74 Å². The summed E-state index contributed by atoms with van der Waals surface area (Å²) in [6.45, 7) is 10.6. The van der Waals surface area contributed by atoms with Crippen molar-refractivity contribution in [3.8, 4) is 0 Å². The molecule has 0 aliphatic rings. The maximum Gasteiger partial charge on any atom is 0.220 e. The molecule has 0 aromatic heterocycles. The van der Waals surface area contributed by atoms with Crippen LogP contribution in [0.15, 0.2) is 23.8 Å². The minimum absolute atomic E-state index is 0.127. The van der Waals surface area contributed by atoms with Crippen molar-refractivity contribution in [1.29, 1.82) is 0 Å². The van der Waals surface area contributed by atoms with Crippen molar-refractivity contribution in [2.45, 2.75) is 85.4 Å². The Morgan fingerprint density at radius 2 is 1.92 bits per heavy atom. The molecule has 1 amide bonds. The van der Waals surface area contributed by atoms with Crippen LogP contribution in [0.4, 0.5) is 0 Å². The van der Waals surface area contributed by atoms with Crippen molar-refractivity contribution in [1.82, 2.24) is 5.32 Å². The molecule has 0 saturated carbocycles. The molecule has 0 rings (SSSR count). The molecule has 2 atom stereocenters. The van der Waals surface area contributed by atoms with Gasteiger partial charge in [-0.05, 0) is 39.5 Å². The number of nitrogens with one attached hydrogen (secondary N) is 1. The third-order valence-electron chi connectivity index (χ3n) is 3.73. The standard InChI is InChI=1S/C18H33NO3.C2H6/c1-5-15(3)14-19-18(21)13-11-9-7-8-10-12-17(22-4)16(20)6-2;1-2/h5,10,12,16-17,20H,6-9,11,13-14H2,1-4H3,(H,19,21);1-2H3/b12-10+,15-5-;/t16-,17-;/m0./s1. The lowest BCUT2D eigenvalue weighted by Crippen LogP contribution is -2.24. The van der Waals surface area contributed by atoms with E-state index in [2.05, 4.69) is 11.4 Å². The monoisotopic (exact) mass is 341 g/mol. The molecule has 0 radical (unpaired) electrons. The molecule has 0 aliphatic heterocycles. The van der Waals surface area contributed by atoms with E-state index in [1.807, 2.05) is 46.8 Å². The third-order valence-corrected chi connectivity index (χ3v) is 3.73. The van der Waals surface area contributed by atoms with E-state index in [9.17, 15) is 9.90 Å². The second kappa shape index (κ2) is 18.2. The first-order valence-corrected chi connectivity index (χ1v) is 9.31. The Morgan fingerprint density at radius 1 is 1.25 bits per heavy atom. The molecular formula is C20H39NO3. The predicted octanol–water partition coefficient (Wildman–Crippen LogP) is 4.39. The number of allylic oxidation sites excluding steroid dienone is 2. The summed E-state index contributed by atoms with van der Waals surface area (Å²) in [6, 6.07) is 0. The van der Waals surface area contributed by atoms with Gasteiger partial charge in [-0.3, -0.25) is 4.79 Å². The molecule has 0 heterocycles. The molecule has 142 valence electrons. The summed E-state index contributed by atoms with van der Waals surface area (Å²) in [6.07, 6.45) is 10.6. The summed E-state index contributed by atoms with van der Waals surface area (Å²) in [5, 5.41) is 12.6. The minimum Gasteiger partial charge on any atom is -0.390 e. The predicted molar refractivity (Wildman–Crippen MR) is 103 cm³/mol. The summed E-state index contributed by atoms with van der Waals surface area (Å²) in [4.78, 5) is 11.6. The summed E-state index contributed by atoms with van der Waals surface area (Å²) in [7, 11) is 1.61. The first-order valence-electron chi connectivity index (χ1n) is 9.31. The molecule has 4 heteroatoms. The van der Waals surface area contributed by atoms with Gasteiger partial charge >= 0.3 is 0 Å². The van der Waals surface area contributed by atoms with Gasteiger partial charge < -0.3 is 15.2 Å². The van der Waals surface area contributed by atoms with Crippen molar-refractivity contribution in [3.63, 3.8) is 0 Å². The van der Waals surface area contributed by atoms with Gasteiger partial charge in [0.1, 0.15) is 6.10 Å². The number of amides is 1. The Bertz CT molecular complexity index is 351. The lowest BCUT2D eigenvalue weighted by Gasteiger charge is -2.16. The normalized spacial score (nSPS) is 14.0. The van der Waals surface area contributed by atoms with Crippen molar-refractivity contribution >= 4 is 5.91 Å². The summed E-state index contributed by atoms with van der Waals surface area (Å²) in [5.41, 5.74) is 1.18. The topological polar surface area (TPSA) is 58.6 Å². The largest absolute Gasteiger partial charge is 0.390 e. The second-order valence-corrected chi connectivity index (χ2v) is 5.62. The van der Waals surface area contributed by atoms with Crippen LogP contribution < -0.4 is 5.32 Å². The van der Waals surface area contributed by atoms with Gasteiger partial charge in [0.05, 0.1) is 6.10 Å². The minimum atomic E-state index is -0.439. The SMILES string of the molecule is C/C=C(/C)CNC(=O)CCCCC/C=C/[C@H](OC)[C@@H](O)CC.CC. The maximum absolute atomic E-state index is 11.6. The van der Waals surface area contributed by atoms with Crippen LogP contribution in [0.2, 0.25) is 0 Å². The van der Waals surface area contributed by atoms with E-state index in [0.717, 1.165) is 25.7 Å². The zero-order chi connectivity index (χ0) is 18.8. The average Bonchev–Trinajstić information content (AvgIpc) is 2.62. The molecule has 0 spiro atoms. The van der Waals surface area contributed by atoms with Crippen molar-refractivity contribution in [3.05, 3.63) is 23.8 Å². The van der Waals surface area contributed by atoms with E-state index in [0.29, 0.717) is 19.4 Å². The van der Waals surface area contributed by atoms with Gasteiger partial charge in [0.15, 0.2) is 0 Å². The Kier molecular flexibility index (Phi) is 19.1. The number of rotatable bonds is 12. The number of hydrogen-bond donors (Lipinski definition) is 2. The van der Waals surface area contributed by atoms with Crippen LogP contribution in [0.3, 0.4) is 0 Å². The van der Waals surface area contributed by atoms with E-state index in [1.54, 1.807) is 7.11 Å². The smallest absolute Gasteiger partial charge is 0.220 e. The quantitative estimate of drug-likeness (QED) is 0.409. The van der Waals surface area contributed by atoms with Gasteiger partial charge in [-0.2, -0.15) is 0 Å². The molecule has 4 nitrogen and oxygen atoms in total. The van der Waals surface area contributed by atoms with Gasteiger partial charge in [0.2, 0.25) is 5.91 Å². The van der Waals surface area contributed by atoms with Gasteiger partial charge in [0, 0.05) is 20.1 Å². The Morgan fingerprint density at radius 3 is 2.46 bits per heavy atom. The van der Waals surface area contributed by atoms with Gasteiger partial charge in [0.25, 0.3) is 0 Å². The molecule has 0 aromatic carbocycles. The van der Waals surface area contributed by atoms with Crippen molar-refractivity contribution in [2.24, 2.45) is 0 Å². The Hall–Kier alpha value is -1.13. The van der Waals surface area contributed by atoms with Crippen LogP contribution in [-0.4, -0.2) is 36.9 Å². The highest BCUT2D eigenvalue weighted by atomic mass is 16.5. The molecule has 0 aliphatic carbocycles. The molecule has 0 bridgehead atoms.